The predicted molar refractivity (Wildman–Crippen MR) is 88.3 cm³/mol. The molecule has 0 saturated carbocycles. The average Bonchev–Trinajstić information content (AvgIpc) is 2.68. The minimum atomic E-state index is -0.651. The van der Waals surface area contributed by atoms with Crippen molar-refractivity contribution in [2.24, 2.45) is 0 Å². The maximum absolute atomic E-state index is 12.5. The van der Waals surface area contributed by atoms with Gasteiger partial charge in [-0.1, -0.05) is 30.3 Å². The van der Waals surface area contributed by atoms with Gasteiger partial charge < -0.3 is 9.64 Å². The lowest BCUT2D eigenvalue weighted by molar-refractivity contribution is -0.148. The molecule has 24 heavy (non-hydrogen) atoms. The number of nitriles is 1. The van der Waals surface area contributed by atoms with Crippen molar-refractivity contribution in [1.82, 2.24) is 9.97 Å². The number of methoxy groups -OCH3 is 1. The molecule has 0 atom stereocenters. The third kappa shape index (κ3) is 2.69. The van der Waals surface area contributed by atoms with Gasteiger partial charge in [0.05, 0.1) is 12.5 Å². The summed E-state index contributed by atoms with van der Waals surface area (Å²) >= 11 is 0. The minimum Gasteiger partial charge on any atom is -0.468 e. The summed E-state index contributed by atoms with van der Waals surface area (Å²) in [6, 6.07) is 11.8. The Morgan fingerprint density at radius 3 is 2.50 bits per heavy atom. The van der Waals surface area contributed by atoms with Crippen LogP contribution in [-0.2, 0) is 14.9 Å². The molecule has 1 saturated heterocycles. The first-order valence-electron chi connectivity index (χ1n) is 7.81. The Hall–Kier alpha value is -2.94. The summed E-state index contributed by atoms with van der Waals surface area (Å²) < 4.78 is 5.10. The van der Waals surface area contributed by atoms with Crippen LogP contribution >= 0.6 is 0 Å². The molecule has 0 amide bonds. The molecule has 0 spiro atoms. The highest BCUT2D eigenvalue weighted by atomic mass is 16.5. The lowest BCUT2D eigenvalue weighted by atomic mass is 9.72. The van der Waals surface area contributed by atoms with E-state index in [0.29, 0.717) is 37.4 Å². The first-order valence-corrected chi connectivity index (χ1v) is 7.81. The summed E-state index contributed by atoms with van der Waals surface area (Å²) in [6.07, 6.45) is 4.29. The van der Waals surface area contributed by atoms with Crippen LogP contribution < -0.4 is 4.90 Å². The van der Waals surface area contributed by atoms with Crippen LogP contribution in [0.1, 0.15) is 24.1 Å². The van der Waals surface area contributed by atoms with Gasteiger partial charge in [0.25, 0.3) is 0 Å². The van der Waals surface area contributed by atoms with Crippen LogP contribution in [0, 0.1) is 11.3 Å². The van der Waals surface area contributed by atoms with Crippen molar-refractivity contribution < 1.29 is 9.53 Å². The Morgan fingerprint density at radius 2 is 1.88 bits per heavy atom. The van der Waals surface area contributed by atoms with Crippen molar-refractivity contribution in [3.05, 3.63) is 54.0 Å². The maximum atomic E-state index is 12.5. The van der Waals surface area contributed by atoms with Crippen molar-refractivity contribution in [1.29, 1.82) is 5.26 Å². The standard InChI is InChI=1S/C18H18N4O2/c1-24-17(23)18(14-5-3-2-4-6-14)7-11-22(12-8-18)16-15(13-19)20-9-10-21-16/h2-6,9-10H,7-8,11-12H2,1H3. The zero-order chi connectivity index (χ0) is 17.0. The van der Waals surface area contributed by atoms with Crippen LogP contribution in [-0.4, -0.2) is 36.1 Å². The highest BCUT2D eigenvalue weighted by molar-refractivity contribution is 5.83. The second kappa shape index (κ2) is 6.67. The first-order chi connectivity index (χ1) is 11.7. The number of carbonyl (C=O) groups is 1. The van der Waals surface area contributed by atoms with E-state index in [4.69, 9.17) is 4.74 Å². The molecule has 0 aliphatic carbocycles. The van der Waals surface area contributed by atoms with Gasteiger partial charge in [-0.3, -0.25) is 4.79 Å². The van der Waals surface area contributed by atoms with E-state index in [2.05, 4.69) is 16.0 Å². The first kappa shape index (κ1) is 15.9. The molecular weight excluding hydrogens is 304 g/mol. The summed E-state index contributed by atoms with van der Waals surface area (Å²) in [5.74, 6) is 0.361. The molecule has 0 bridgehead atoms. The number of aromatic nitrogens is 2. The SMILES string of the molecule is COC(=O)C1(c2ccccc2)CCN(c2nccnc2C#N)CC1. The highest BCUT2D eigenvalue weighted by Gasteiger charge is 2.44. The van der Waals surface area contributed by atoms with Crippen molar-refractivity contribution in [3.8, 4) is 6.07 Å². The Labute approximate surface area is 140 Å². The van der Waals surface area contributed by atoms with E-state index in [-0.39, 0.29) is 5.97 Å². The normalized spacial score (nSPS) is 16.2. The number of nitrogens with zero attached hydrogens (tertiary/aromatic N) is 4. The molecule has 1 fully saturated rings. The number of anilines is 1. The molecule has 1 aromatic carbocycles. The van der Waals surface area contributed by atoms with Crippen LogP contribution in [0.25, 0.3) is 0 Å². The van der Waals surface area contributed by atoms with E-state index < -0.39 is 5.41 Å². The van der Waals surface area contributed by atoms with Gasteiger partial charge in [0, 0.05) is 25.5 Å². The van der Waals surface area contributed by atoms with Crippen LogP contribution in [0.2, 0.25) is 0 Å². The molecule has 0 N–H and O–H groups in total. The zero-order valence-electron chi connectivity index (χ0n) is 13.5. The smallest absolute Gasteiger partial charge is 0.316 e. The van der Waals surface area contributed by atoms with Gasteiger partial charge in [0.2, 0.25) is 0 Å². The van der Waals surface area contributed by atoms with Crippen LogP contribution in [0.15, 0.2) is 42.7 Å². The molecule has 1 aromatic heterocycles. The van der Waals surface area contributed by atoms with Crippen molar-refractivity contribution >= 4 is 11.8 Å². The quantitative estimate of drug-likeness (QED) is 0.805. The molecule has 0 radical (unpaired) electrons. The lowest BCUT2D eigenvalue weighted by Gasteiger charge is -2.40. The van der Waals surface area contributed by atoms with Crippen LogP contribution in [0.4, 0.5) is 5.82 Å². The monoisotopic (exact) mass is 322 g/mol. The Kier molecular flexibility index (Phi) is 4.43. The van der Waals surface area contributed by atoms with Crippen molar-refractivity contribution in [2.45, 2.75) is 18.3 Å². The molecule has 1 aliphatic heterocycles. The maximum Gasteiger partial charge on any atom is 0.316 e. The third-order valence-corrected chi connectivity index (χ3v) is 4.60. The number of ether oxygens (including phenoxy) is 1. The number of piperidine rings is 1. The number of hydrogen-bond donors (Lipinski definition) is 0. The topological polar surface area (TPSA) is 79.1 Å². The Bertz CT molecular complexity index is 762. The number of hydrogen-bond acceptors (Lipinski definition) is 6. The molecular formula is C18H18N4O2. The second-order valence-electron chi connectivity index (χ2n) is 5.77. The largest absolute Gasteiger partial charge is 0.468 e. The van der Waals surface area contributed by atoms with Crippen LogP contribution in [0.3, 0.4) is 0 Å². The number of benzene rings is 1. The molecule has 6 nitrogen and oxygen atoms in total. The predicted octanol–water partition coefficient (Wildman–Crippen LogP) is 2.06. The number of esters is 1. The lowest BCUT2D eigenvalue weighted by Crippen LogP contribution is -2.48. The molecule has 2 heterocycles. The number of rotatable bonds is 3. The van der Waals surface area contributed by atoms with Crippen molar-refractivity contribution in [3.63, 3.8) is 0 Å². The van der Waals surface area contributed by atoms with Gasteiger partial charge in [-0.15, -0.1) is 0 Å². The molecule has 122 valence electrons. The zero-order valence-corrected chi connectivity index (χ0v) is 13.5. The fraction of sp³-hybridized carbons (Fsp3) is 0.333. The van der Waals surface area contributed by atoms with Gasteiger partial charge in [-0.2, -0.15) is 5.26 Å². The highest BCUT2D eigenvalue weighted by Crippen LogP contribution is 2.38. The van der Waals surface area contributed by atoms with Gasteiger partial charge in [-0.25, -0.2) is 9.97 Å². The third-order valence-electron chi connectivity index (χ3n) is 4.60. The average molecular weight is 322 g/mol. The summed E-state index contributed by atoms with van der Waals surface area (Å²) in [7, 11) is 1.43. The fourth-order valence-electron chi connectivity index (χ4n) is 3.30. The summed E-state index contributed by atoms with van der Waals surface area (Å²) in [5, 5.41) is 9.20. The summed E-state index contributed by atoms with van der Waals surface area (Å²) in [5.41, 5.74) is 0.626. The summed E-state index contributed by atoms with van der Waals surface area (Å²) in [4.78, 5) is 22.9. The van der Waals surface area contributed by atoms with Gasteiger partial charge in [-0.05, 0) is 18.4 Å². The second-order valence-corrected chi connectivity index (χ2v) is 5.77. The van der Waals surface area contributed by atoms with E-state index in [0.717, 1.165) is 5.56 Å². The molecule has 0 unspecified atom stereocenters. The minimum absolute atomic E-state index is 0.215. The van der Waals surface area contributed by atoms with Crippen molar-refractivity contribution in [2.75, 3.05) is 25.1 Å². The molecule has 2 aromatic rings. The van der Waals surface area contributed by atoms with E-state index >= 15 is 0 Å². The summed E-state index contributed by atoms with van der Waals surface area (Å²) in [6.45, 7) is 1.22. The van der Waals surface area contributed by atoms with E-state index in [9.17, 15) is 10.1 Å². The van der Waals surface area contributed by atoms with E-state index in [1.54, 1.807) is 6.20 Å². The van der Waals surface area contributed by atoms with Gasteiger partial charge >= 0.3 is 5.97 Å². The van der Waals surface area contributed by atoms with Gasteiger partial charge in [0.15, 0.2) is 11.5 Å². The Morgan fingerprint density at radius 1 is 1.21 bits per heavy atom. The van der Waals surface area contributed by atoms with E-state index in [1.807, 2.05) is 35.2 Å². The number of carbonyl (C=O) groups excluding carboxylic acids is 1. The van der Waals surface area contributed by atoms with E-state index in [1.165, 1.54) is 13.3 Å². The molecule has 6 heteroatoms. The van der Waals surface area contributed by atoms with Crippen LogP contribution in [0.5, 0.6) is 0 Å². The van der Waals surface area contributed by atoms with Gasteiger partial charge in [0.1, 0.15) is 6.07 Å². The Balaban J connectivity index is 1.88. The molecule has 1 aliphatic rings. The fourth-order valence-corrected chi connectivity index (χ4v) is 3.30. The molecule has 3 rings (SSSR count).